The van der Waals surface area contributed by atoms with Crippen LogP contribution in [-0.2, 0) is 22.7 Å². The van der Waals surface area contributed by atoms with Gasteiger partial charge < -0.3 is 29.7 Å². The molecule has 6 bridgehead atoms. The second-order valence-electron chi connectivity index (χ2n) is 12.2. The summed E-state index contributed by atoms with van der Waals surface area (Å²) in [6.45, 7) is 3.02. The highest BCUT2D eigenvalue weighted by Crippen LogP contribution is 2.26. The first kappa shape index (κ1) is 31.2. The molecule has 48 heavy (non-hydrogen) atoms. The van der Waals surface area contributed by atoms with Gasteiger partial charge >= 0.3 is 0 Å². The highest BCUT2D eigenvalue weighted by Gasteiger charge is 2.35. The summed E-state index contributed by atoms with van der Waals surface area (Å²) in [6.07, 6.45) is 3.36. The van der Waals surface area contributed by atoms with E-state index in [0.717, 1.165) is 28.0 Å². The lowest BCUT2D eigenvalue weighted by Gasteiger charge is -2.39. The number of nitrogens with zero attached hydrogens (tertiary/aromatic N) is 3. The fourth-order valence-electron chi connectivity index (χ4n) is 6.24. The molecule has 5 heterocycles. The molecule has 4 aliphatic heterocycles. The number of ether oxygens (including phenoxy) is 3. The second kappa shape index (κ2) is 14.1. The fraction of sp³-hybridized carbons (Fsp3) is 0.297. The van der Waals surface area contributed by atoms with E-state index >= 15 is 0 Å². The van der Waals surface area contributed by atoms with Gasteiger partial charge in [0, 0.05) is 62.7 Å². The van der Waals surface area contributed by atoms with Crippen LogP contribution in [0.25, 0.3) is 11.1 Å². The van der Waals surface area contributed by atoms with Gasteiger partial charge in [0.1, 0.15) is 30.0 Å². The molecule has 11 nitrogen and oxygen atoms in total. The monoisotopic (exact) mass is 647 g/mol. The Balaban J connectivity index is 1.12. The van der Waals surface area contributed by atoms with Crippen LogP contribution in [0, 0.1) is 0 Å². The highest BCUT2D eigenvalue weighted by molar-refractivity contribution is 5.95. The number of rotatable bonds is 2. The molecule has 4 aromatic rings. The fourth-order valence-corrected chi connectivity index (χ4v) is 6.24. The molecule has 1 saturated heterocycles. The molecule has 11 heteroatoms. The van der Waals surface area contributed by atoms with Gasteiger partial charge in [-0.1, -0.05) is 42.5 Å². The van der Waals surface area contributed by atoms with E-state index in [2.05, 4.69) is 20.5 Å². The van der Waals surface area contributed by atoms with Crippen molar-refractivity contribution in [3.05, 3.63) is 108 Å². The molecule has 2 atom stereocenters. The van der Waals surface area contributed by atoms with Crippen LogP contribution in [0.3, 0.4) is 0 Å². The first-order chi connectivity index (χ1) is 23.5. The summed E-state index contributed by atoms with van der Waals surface area (Å²) in [5, 5.41) is 6.05. The minimum absolute atomic E-state index is 0.00862. The zero-order valence-electron chi connectivity index (χ0n) is 26.5. The smallest absolute Gasteiger partial charge is 0.258 e. The molecule has 0 spiro atoms. The third-order valence-electron chi connectivity index (χ3n) is 8.85. The number of fused-ring (bicyclic) bond motifs is 8. The molecule has 0 saturated carbocycles. The summed E-state index contributed by atoms with van der Waals surface area (Å²) in [5.74, 6) is 1.46. The molecule has 0 aliphatic carbocycles. The lowest BCUT2D eigenvalue weighted by molar-refractivity contribution is -0.135. The van der Waals surface area contributed by atoms with Gasteiger partial charge in [0.05, 0.1) is 18.2 Å². The Kier molecular flexibility index (Phi) is 9.19. The topological polar surface area (TPSA) is 122 Å². The standard InChI is InChI=1S/C37H37N5O6/c43-35-24-47-31-6-3-5-26(17-31)28-16-29(20-38-19-28)37(45)40-32-22-42(13-12-34(32)48-30-10-8-25(9-11-30)18-39-35)36(44)23-41-14-15-46-33-7-2-1-4-27(33)21-41/h1-11,16-17,19-20,32,34H,12-15,18,21-24H2,(H,39,43)(H,40,45)/t32-,34+/m1/s1. The number of hydrogen-bond donors (Lipinski definition) is 2. The maximum atomic E-state index is 13.7. The van der Waals surface area contributed by atoms with Gasteiger partial charge in [-0.25, -0.2) is 0 Å². The van der Waals surface area contributed by atoms with Crippen molar-refractivity contribution in [2.75, 3.05) is 39.4 Å². The number of piperidine rings is 1. The average molecular weight is 648 g/mol. The van der Waals surface area contributed by atoms with Gasteiger partial charge in [-0.15, -0.1) is 0 Å². The number of pyridine rings is 1. The summed E-state index contributed by atoms with van der Waals surface area (Å²) < 4.78 is 18.1. The van der Waals surface area contributed by atoms with Crippen molar-refractivity contribution in [3.63, 3.8) is 0 Å². The minimum atomic E-state index is -0.478. The van der Waals surface area contributed by atoms with E-state index in [0.29, 0.717) is 62.8 Å². The predicted octanol–water partition coefficient (Wildman–Crippen LogP) is 3.43. The molecule has 0 unspecified atom stereocenters. The van der Waals surface area contributed by atoms with Crippen LogP contribution in [0.5, 0.6) is 17.2 Å². The molecule has 8 rings (SSSR count). The van der Waals surface area contributed by atoms with Crippen LogP contribution in [-0.4, -0.2) is 84.0 Å². The van der Waals surface area contributed by atoms with Gasteiger partial charge in [-0.2, -0.15) is 0 Å². The molecule has 0 radical (unpaired) electrons. The van der Waals surface area contributed by atoms with Crippen LogP contribution >= 0.6 is 0 Å². The number of carbonyl (C=O) groups is 3. The number of amides is 3. The van der Waals surface area contributed by atoms with Crippen molar-refractivity contribution < 1.29 is 28.6 Å². The summed E-state index contributed by atoms with van der Waals surface area (Å²) in [5.41, 5.74) is 3.86. The Hall–Kier alpha value is -5.42. The Morgan fingerprint density at radius 3 is 2.62 bits per heavy atom. The zero-order valence-corrected chi connectivity index (χ0v) is 26.5. The second-order valence-corrected chi connectivity index (χ2v) is 12.2. The molecule has 2 N–H and O–H groups in total. The molecule has 4 aliphatic rings. The normalized spacial score (nSPS) is 20.0. The molecule has 246 valence electrons. The van der Waals surface area contributed by atoms with Gasteiger partial charge in [0.15, 0.2) is 6.61 Å². The number of hydrogen-bond acceptors (Lipinski definition) is 8. The van der Waals surface area contributed by atoms with Crippen LogP contribution in [0.2, 0.25) is 0 Å². The Morgan fingerprint density at radius 1 is 0.875 bits per heavy atom. The van der Waals surface area contributed by atoms with Crippen LogP contribution in [0.1, 0.15) is 27.9 Å². The van der Waals surface area contributed by atoms with Gasteiger partial charge in [-0.3, -0.25) is 24.3 Å². The van der Waals surface area contributed by atoms with E-state index in [1.54, 1.807) is 18.3 Å². The largest absolute Gasteiger partial charge is 0.492 e. The quantitative estimate of drug-likeness (QED) is 0.340. The maximum Gasteiger partial charge on any atom is 0.258 e. The molecule has 3 amide bonds. The van der Waals surface area contributed by atoms with Crippen molar-refractivity contribution in [1.29, 1.82) is 0 Å². The first-order valence-corrected chi connectivity index (χ1v) is 16.2. The molecule has 1 aromatic heterocycles. The van der Waals surface area contributed by atoms with Crippen molar-refractivity contribution in [3.8, 4) is 28.4 Å². The minimum Gasteiger partial charge on any atom is -0.492 e. The van der Waals surface area contributed by atoms with Crippen LogP contribution in [0.4, 0.5) is 0 Å². The zero-order chi connectivity index (χ0) is 32.9. The van der Waals surface area contributed by atoms with E-state index in [9.17, 15) is 14.4 Å². The first-order valence-electron chi connectivity index (χ1n) is 16.2. The molecule has 1 fully saturated rings. The Morgan fingerprint density at radius 2 is 1.73 bits per heavy atom. The maximum absolute atomic E-state index is 13.7. The van der Waals surface area contributed by atoms with Gasteiger partial charge in [0.25, 0.3) is 11.8 Å². The third kappa shape index (κ3) is 7.42. The van der Waals surface area contributed by atoms with Crippen molar-refractivity contribution >= 4 is 17.7 Å². The Bertz CT molecular complexity index is 1800. The number of nitrogens with one attached hydrogen (secondary N) is 2. The van der Waals surface area contributed by atoms with Crippen LogP contribution < -0.4 is 24.8 Å². The average Bonchev–Trinajstić information content (AvgIpc) is 3.32. The van der Waals surface area contributed by atoms with Crippen molar-refractivity contribution in [1.82, 2.24) is 25.4 Å². The van der Waals surface area contributed by atoms with Crippen molar-refractivity contribution in [2.45, 2.75) is 31.7 Å². The summed E-state index contributed by atoms with van der Waals surface area (Å²) in [7, 11) is 0. The lowest BCUT2D eigenvalue weighted by Crippen LogP contribution is -2.59. The number of para-hydroxylation sites is 1. The van der Waals surface area contributed by atoms with E-state index in [4.69, 9.17) is 14.2 Å². The van der Waals surface area contributed by atoms with Crippen molar-refractivity contribution in [2.24, 2.45) is 0 Å². The van der Waals surface area contributed by atoms with E-state index < -0.39 is 6.04 Å². The SMILES string of the molecule is O=C1COc2cccc(c2)-c2cncc(c2)C(=O)N[C@@H]2CN(C(=O)CN3CCOc4ccccc4C3)CC[C@@H]2Oc2ccc(cc2)CN1. The van der Waals surface area contributed by atoms with E-state index in [1.807, 2.05) is 71.6 Å². The van der Waals surface area contributed by atoms with Gasteiger partial charge in [0.2, 0.25) is 5.91 Å². The van der Waals surface area contributed by atoms with Crippen LogP contribution in [0.15, 0.2) is 91.3 Å². The number of carbonyl (C=O) groups excluding carboxylic acids is 3. The van der Waals surface area contributed by atoms with E-state index in [1.165, 1.54) is 6.20 Å². The van der Waals surface area contributed by atoms with Gasteiger partial charge in [-0.05, 0) is 47.5 Å². The van der Waals surface area contributed by atoms with E-state index in [-0.39, 0.29) is 37.0 Å². The molecule has 3 aromatic carbocycles. The third-order valence-corrected chi connectivity index (χ3v) is 8.85. The lowest BCUT2D eigenvalue weighted by atomic mass is 10.0. The molecular weight excluding hydrogens is 610 g/mol. The summed E-state index contributed by atoms with van der Waals surface area (Å²) in [4.78, 5) is 48.2. The number of likely N-dealkylation sites (tertiary alicyclic amines) is 1. The highest BCUT2D eigenvalue weighted by atomic mass is 16.5. The predicted molar refractivity (Wildman–Crippen MR) is 178 cm³/mol. The summed E-state index contributed by atoms with van der Waals surface area (Å²) >= 11 is 0. The number of aromatic nitrogens is 1. The Labute approximate surface area is 278 Å². The molecular formula is C37H37N5O6. The number of benzene rings is 3. The summed E-state index contributed by atoms with van der Waals surface area (Å²) in [6, 6.07) is 24.0.